The van der Waals surface area contributed by atoms with Crippen LogP contribution in [-0.4, -0.2) is 43.2 Å². The van der Waals surface area contributed by atoms with Gasteiger partial charge in [-0.1, -0.05) is 6.42 Å². The Morgan fingerprint density at radius 1 is 1.06 bits per heavy atom. The molecule has 3 unspecified atom stereocenters. The number of nitrogens with two attached hydrogens (primary N) is 1. The minimum absolute atomic E-state index is 0.718. The molecule has 0 amide bonds. The van der Waals surface area contributed by atoms with Crippen molar-refractivity contribution in [3.63, 3.8) is 0 Å². The van der Waals surface area contributed by atoms with Crippen LogP contribution in [0.1, 0.15) is 32.1 Å². The molecule has 3 N–H and O–H groups in total. The summed E-state index contributed by atoms with van der Waals surface area (Å²) < 4.78 is 0. The van der Waals surface area contributed by atoms with Gasteiger partial charge in [0, 0.05) is 18.6 Å². The second-order valence-corrected chi connectivity index (χ2v) is 5.94. The number of nitrogens with one attached hydrogen (secondary N) is 1. The van der Waals surface area contributed by atoms with Gasteiger partial charge < -0.3 is 16.0 Å². The maximum Gasteiger partial charge on any atom is 0.0226 e. The Hall–Kier alpha value is -0.120. The zero-order valence-electron chi connectivity index (χ0n) is 10.2. The first-order valence-electron chi connectivity index (χ1n) is 7.05. The molecule has 0 aromatic heterocycles. The zero-order valence-corrected chi connectivity index (χ0v) is 10.2. The van der Waals surface area contributed by atoms with Crippen molar-refractivity contribution in [2.75, 3.05) is 26.2 Å². The largest absolute Gasteiger partial charge is 0.330 e. The lowest BCUT2D eigenvalue weighted by Gasteiger charge is -2.46. The highest BCUT2D eigenvalue weighted by Crippen LogP contribution is 2.31. The molecule has 3 aliphatic heterocycles. The summed E-state index contributed by atoms with van der Waals surface area (Å²) >= 11 is 0. The number of piperidine rings is 3. The minimum Gasteiger partial charge on any atom is -0.330 e. The second-order valence-electron chi connectivity index (χ2n) is 5.94. The summed E-state index contributed by atoms with van der Waals surface area (Å²) in [6.07, 6.45) is 6.90. The van der Waals surface area contributed by atoms with Crippen molar-refractivity contribution < 1.29 is 0 Å². The van der Waals surface area contributed by atoms with E-state index in [0.29, 0.717) is 0 Å². The lowest BCUT2D eigenvalue weighted by atomic mass is 9.83. The first-order chi connectivity index (χ1) is 7.86. The van der Waals surface area contributed by atoms with Gasteiger partial charge in [-0.15, -0.1) is 0 Å². The van der Waals surface area contributed by atoms with Crippen molar-refractivity contribution in [2.24, 2.45) is 17.6 Å². The molecule has 2 bridgehead atoms. The third-order valence-electron chi connectivity index (χ3n) is 5.05. The van der Waals surface area contributed by atoms with Crippen molar-refractivity contribution in [1.82, 2.24) is 10.2 Å². The topological polar surface area (TPSA) is 41.3 Å². The van der Waals surface area contributed by atoms with Gasteiger partial charge in [0.25, 0.3) is 0 Å². The fraction of sp³-hybridized carbons (Fsp3) is 1.00. The Morgan fingerprint density at radius 3 is 2.50 bits per heavy atom. The highest BCUT2D eigenvalue weighted by molar-refractivity contribution is 4.95. The Bertz CT molecular complexity index is 235. The lowest BCUT2D eigenvalue weighted by molar-refractivity contribution is 0.0644. The van der Waals surface area contributed by atoms with E-state index in [4.69, 9.17) is 5.73 Å². The van der Waals surface area contributed by atoms with E-state index >= 15 is 0 Å². The molecule has 3 nitrogen and oxygen atoms in total. The summed E-state index contributed by atoms with van der Waals surface area (Å²) in [4.78, 5) is 2.63. The molecule has 0 aromatic carbocycles. The molecule has 1 saturated carbocycles. The smallest absolute Gasteiger partial charge is 0.0226 e. The average Bonchev–Trinajstić information content (AvgIpc) is 2.78. The number of rotatable bonds is 3. The van der Waals surface area contributed by atoms with Crippen molar-refractivity contribution in [3.05, 3.63) is 0 Å². The molecule has 4 rings (SSSR count). The molecule has 1 aliphatic carbocycles. The molecule has 16 heavy (non-hydrogen) atoms. The van der Waals surface area contributed by atoms with Gasteiger partial charge in [0.05, 0.1) is 0 Å². The van der Waals surface area contributed by atoms with E-state index < -0.39 is 0 Å². The predicted octanol–water partition coefficient (Wildman–Crippen LogP) is 0.798. The summed E-state index contributed by atoms with van der Waals surface area (Å²) in [5.74, 6) is 1.69. The predicted molar refractivity (Wildman–Crippen MR) is 66.3 cm³/mol. The molecule has 3 heteroatoms. The second kappa shape index (κ2) is 4.63. The van der Waals surface area contributed by atoms with Gasteiger partial charge in [0.2, 0.25) is 0 Å². The van der Waals surface area contributed by atoms with Gasteiger partial charge in [0.1, 0.15) is 0 Å². The molecule has 3 heterocycles. The van der Waals surface area contributed by atoms with Crippen molar-refractivity contribution in [1.29, 1.82) is 0 Å². The van der Waals surface area contributed by atoms with Crippen molar-refractivity contribution >= 4 is 0 Å². The zero-order chi connectivity index (χ0) is 11.0. The van der Waals surface area contributed by atoms with Crippen LogP contribution in [0.2, 0.25) is 0 Å². The molecule has 0 aromatic rings. The molecule has 4 aliphatic rings. The van der Waals surface area contributed by atoms with Crippen LogP contribution < -0.4 is 11.1 Å². The monoisotopic (exact) mass is 223 g/mol. The van der Waals surface area contributed by atoms with Crippen LogP contribution in [0, 0.1) is 11.8 Å². The van der Waals surface area contributed by atoms with Crippen molar-refractivity contribution in [3.8, 4) is 0 Å². The van der Waals surface area contributed by atoms with E-state index in [1.54, 1.807) is 0 Å². The highest BCUT2D eigenvalue weighted by Gasteiger charge is 2.37. The average molecular weight is 223 g/mol. The first-order valence-corrected chi connectivity index (χ1v) is 7.05. The van der Waals surface area contributed by atoms with E-state index in [9.17, 15) is 0 Å². The quantitative estimate of drug-likeness (QED) is 0.743. The molecule has 92 valence electrons. The fourth-order valence-corrected chi connectivity index (χ4v) is 3.97. The van der Waals surface area contributed by atoms with Crippen molar-refractivity contribution in [2.45, 2.75) is 44.2 Å². The number of nitrogens with zero attached hydrogens (tertiary/aromatic N) is 1. The maximum absolute atomic E-state index is 5.85. The summed E-state index contributed by atoms with van der Waals surface area (Å²) in [5.41, 5.74) is 5.85. The van der Waals surface area contributed by atoms with E-state index in [-0.39, 0.29) is 0 Å². The van der Waals surface area contributed by atoms with Gasteiger partial charge >= 0.3 is 0 Å². The van der Waals surface area contributed by atoms with Gasteiger partial charge in [-0.3, -0.25) is 0 Å². The number of hydrogen-bond donors (Lipinski definition) is 2. The summed E-state index contributed by atoms with van der Waals surface area (Å²) in [6.45, 7) is 4.85. The Labute approximate surface area is 98.8 Å². The Balaban J connectivity index is 1.58. The van der Waals surface area contributed by atoms with Crippen LogP contribution in [0.3, 0.4) is 0 Å². The Kier molecular flexibility index (Phi) is 3.18. The van der Waals surface area contributed by atoms with Crippen LogP contribution >= 0.6 is 0 Å². The number of hydrogen-bond acceptors (Lipinski definition) is 3. The minimum atomic E-state index is 0.718. The van der Waals surface area contributed by atoms with Gasteiger partial charge in [-0.25, -0.2) is 0 Å². The summed E-state index contributed by atoms with van der Waals surface area (Å²) in [7, 11) is 0. The summed E-state index contributed by atoms with van der Waals surface area (Å²) in [6, 6.07) is 1.48. The van der Waals surface area contributed by atoms with Gasteiger partial charge in [-0.05, 0) is 57.2 Å². The first kappa shape index (κ1) is 11.0. The summed E-state index contributed by atoms with van der Waals surface area (Å²) in [5, 5.41) is 3.93. The van der Waals surface area contributed by atoms with Gasteiger partial charge in [0.15, 0.2) is 0 Å². The van der Waals surface area contributed by atoms with Crippen LogP contribution in [-0.2, 0) is 0 Å². The van der Waals surface area contributed by atoms with E-state index in [0.717, 1.165) is 30.5 Å². The van der Waals surface area contributed by atoms with E-state index in [1.807, 2.05) is 0 Å². The Morgan fingerprint density at radius 2 is 1.88 bits per heavy atom. The molecule has 4 fully saturated rings. The lowest BCUT2D eigenvalue weighted by Crippen LogP contribution is -2.58. The third kappa shape index (κ3) is 2.01. The maximum atomic E-state index is 5.85. The van der Waals surface area contributed by atoms with E-state index in [2.05, 4.69) is 10.2 Å². The molecule has 0 radical (unpaired) electrons. The number of fused-ring (bicyclic) bond motifs is 3. The van der Waals surface area contributed by atoms with Crippen LogP contribution in [0.25, 0.3) is 0 Å². The molecule has 0 spiro atoms. The third-order valence-corrected chi connectivity index (χ3v) is 5.05. The van der Waals surface area contributed by atoms with Crippen LogP contribution in [0.4, 0.5) is 0 Å². The molecular formula is C13H25N3. The SMILES string of the molecule is NCC1CCCC1NC1CN2CCC1CC2. The van der Waals surface area contributed by atoms with Crippen LogP contribution in [0.15, 0.2) is 0 Å². The molecule has 3 saturated heterocycles. The van der Waals surface area contributed by atoms with Crippen LogP contribution in [0.5, 0.6) is 0 Å². The fourth-order valence-electron chi connectivity index (χ4n) is 3.97. The standard InChI is InChI=1S/C13H25N3/c14-8-11-2-1-3-12(11)15-13-9-16-6-4-10(13)5-7-16/h10-13,15H,1-9,14H2. The molecular weight excluding hydrogens is 198 g/mol. The molecule has 3 atom stereocenters. The highest BCUT2D eigenvalue weighted by atomic mass is 15.2. The normalized spacial score (nSPS) is 47.4. The van der Waals surface area contributed by atoms with Gasteiger partial charge in [-0.2, -0.15) is 0 Å². The van der Waals surface area contributed by atoms with E-state index in [1.165, 1.54) is 51.7 Å².